The molecule has 1 fully saturated rings. The second-order valence-electron chi connectivity index (χ2n) is 8.06. The molecule has 2 heterocycles. The topological polar surface area (TPSA) is 58.6 Å². The molecule has 2 aromatic rings. The number of fused-ring (bicyclic) bond motifs is 1. The summed E-state index contributed by atoms with van der Waals surface area (Å²) in [6.07, 6.45) is 3.56. The normalized spacial score (nSPS) is 17.9. The molecular formula is C24H27FN2O3. The SMILES string of the molecule is O=C(NCCc1ccc2c(c1)CCO2)C1CCCN(C(=O)Cc2ccc(F)cc2)C1. The number of ether oxygens (including phenoxy) is 1. The average molecular weight is 410 g/mol. The molecule has 0 bridgehead atoms. The average Bonchev–Trinajstić information content (AvgIpc) is 3.23. The van der Waals surface area contributed by atoms with Crippen molar-refractivity contribution in [1.29, 1.82) is 0 Å². The second-order valence-corrected chi connectivity index (χ2v) is 8.06. The van der Waals surface area contributed by atoms with Gasteiger partial charge < -0.3 is 15.0 Å². The molecule has 2 aliphatic rings. The number of nitrogens with one attached hydrogen (secondary N) is 1. The minimum Gasteiger partial charge on any atom is -0.493 e. The van der Waals surface area contributed by atoms with Crippen LogP contribution in [0.2, 0.25) is 0 Å². The molecule has 30 heavy (non-hydrogen) atoms. The van der Waals surface area contributed by atoms with Crippen LogP contribution in [0.4, 0.5) is 4.39 Å². The first-order chi connectivity index (χ1) is 14.6. The highest BCUT2D eigenvalue weighted by atomic mass is 19.1. The van der Waals surface area contributed by atoms with Crippen LogP contribution in [0.15, 0.2) is 42.5 Å². The van der Waals surface area contributed by atoms with Gasteiger partial charge in [-0.05, 0) is 54.2 Å². The lowest BCUT2D eigenvalue weighted by atomic mass is 9.96. The Bertz CT molecular complexity index is 913. The van der Waals surface area contributed by atoms with Crippen LogP contribution in [0.5, 0.6) is 5.75 Å². The van der Waals surface area contributed by atoms with Crippen molar-refractivity contribution in [3.63, 3.8) is 0 Å². The summed E-state index contributed by atoms with van der Waals surface area (Å²) < 4.78 is 18.6. The zero-order valence-electron chi connectivity index (χ0n) is 17.0. The van der Waals surface area contributed by atoms with Crippen LogP contribution in [0.25, 0.3) is 0 Å². The van der Waals surface area contributed by atoms with Gasteiger partial charge in [0, 0.05) is 26.1 Å². The molecule has 0 saturated carbocycles. The lowest BCUT2D eigenvalue weighted by Crippen LogP contribution is -2.46. The van der Waals surface area contributed by atoms with E-state index in [0.29, 0.717) is 19.6 Å². The number of carbonyl (C=O) groups is 2. The van der Waals surface area contributed by atoms with Crippen molar-refractivity contribution < 1.29 is 18.7 Å². The molecule has 0 aliphatic carbocycles. The predicted molar refractivity (Wildman–Crippen MR) is 112 cm³/mol. The first-order valence-corrected chi connectivity index (χ1v) is 10.6. The Kier molecular flexibility index (Phi) is 6.31. The van der Waals surface area contributed by atoms with E-state index < -0.39 is 0 Å². The molecular weight excluding hydrogens is 383 g/mol. The maximum Gasteiger partial charge on any atom is 0.227 e. The van der Waals surface area contributed by atoms with Crippen molar-refractivity contribution in [1.82, 2.24) is 10.2 Å². The zero-order chi connectivity index (χ0) is 20.9. The number of amides is 2. The van der Waals surface area contributed by atoms with E-state index in [-0.39, 0.29) is 30.0 Å². The summed E-state index contributed by atoms with van der Waals surface area (Å²) in [5.74, 6) is 0.479. The van der Waals surface area contributed by atoms with Gasteiger partial charge in [0.25, 0.3) is 0 Å². The second kappa shape index (κ2) is 9.28. The summed E-state index contributed by atoms with van der Waals surface area (Å²) in [4.78, 5) is 27.0. The van der Waals surface area contributed by atoms with E-state index >= 15 is 0 Å². The molecule has 6 heteroatoms. The number of carbonyl (C=O) groups excluding carboxylic acids is 2. The van der Waals surface area contributed by atoms with Crippen molar-refractivity contribution in [3.8, 4) is 5.75 Å². The molecule has 158 valence electrons. The lowest BCUT2D eigenvalue weighted by molar-refractivity contribution is -0.135. The van der Waals surface area contributed by atoms with E-state index in [9.17, 15) is 14.0 Å². The van der Waals surface area contributed by atoms with Crippen molar-refractivity contribution >= 4 is 11.8 Å². The van der Waals surface area contributed by atoms with Crippen LogP contribution in [-0.2, 0) is 28.9 Å². The predicted octanol–water partition coefficient (Wildman–Crippen LogP) is 2.90. The third-order valence-electron chi connectivity index (χ3n) is 5.88. The lowest BCUT2D eigenvalue weighted by Gasteiger charge is -2.32. The Morgan fingerprint density at radius 1 is 1.13 bits per heavy atom. The number of likely N-dealkylation sites (tertiary alicyclic amines) is 1. The molecule has 1 atom stereocenters. The Balaban J connectivity index is 1.24. The van der Waals surface area contributed by atoms with Gasteiger partial charge in [-0.15, -0.1) is 0 Å². The first kappa shape index (κ1) is 20.4. The molecule has 0 aromatic heterocycles. The molecule has 1 N–H and O–H groups in total. The fraction of sp³-hybridized carbons (Fsp3) is 0.417. The largest absolute Gasteiger partial charge is 0.493 e. The molecule has 1 saturated heterocycles. The smallest absolute Gasteiger partial charge is 0.227 e. The summed E-state index contributed by atoms with van der Waals surface area (Å²) in [7, 11) is 0. The fourth-order valence-electron chi connectivity index (χ4n) is 4.18. The molecule has 2 aromatic carbocycles. The van der Waals surface area contributed by atoms with Crippen LogP contribution in [0.3, 0.4) is 0 Å². The number of piperidine rings is 1. The van der Waals surface area contributed by atoms with Crippen molar-refractivity contribution in [3.05, 3.63) is 65.0 Å². The molecule has 2 aliphatic heterocycles. The number of nitrogens with zero attached hydrogens (tertiary/aromatic N) is 1. The Morgan fingerprint density at radius 2 is 1.93 bits per heavy atom. The van der Waals surface area contributed by atoms with Gasteiger partial charge in [0.1, 0.15) is 11.6 Å². The molecule has 0 spiro atoms. The minimum atomic E-state index is -0.311. The highest BCUT2D eigenvalue weighted by Crippen LogP contribution is 2.26. The zero-order valence-corrected chi connectivity index (χ0v) is 17.0. The van der Waals surface area contributed by atoms with Gasteiger partial charge in [0.2, 0.25) is 11.8 Å². The van der Waals surface area contributed by atoms with Gasteiger partial charge in [0.15, 0.2) is 0 Å². The standard InChI is InChI=1S/C24H27FN2O3/c25-21-6-3-17(4-7-21)15-23(28)27-12-1-2-20(16-27)24(29)26-11-9-18-5-8-22-19(14-18)10-13-30-22/h3-8,14,20H,1-2,9-13,15-16H2,(H,26,29). The fourth-order valence-corrected chi connectivity index (χ4v) is 4.18. The van der Waals surface area contributed by atoms with Gasteiger partial charge in [-0.25, -0.2) is 4.39 Å². The van der Waals surface area contributed by atoms with Gasteiger partial charge in [-0.1, -0.05) is 24.3 Å². The molecule has 2 amide bonds. The van der Waals surface area contributed by atoms with E-state index in [0.717, 1.165) is 43.6 Å². The van der Waals surface area contributed by atoms with E-state index in [4.69, 9.17) is 4.74 Å². The quantitative estimate of drug-likeness (QED) is 0.797. The highest BCUT2D eigenvalue weighted by Gasteiger charge is 2.28. The summed E-state index contributed by atoms with van der Waals surface area (Å²) in [6.45, 7) is 2.44. The van der Waals surface area contributed by atoms with Gasteiger partial charge >= 0.3 is 0 Å². The summed E-state index contributed by atoms with van der Waals surface area (Å²) in [6, 6.07) is 12.2. The van der Waals surface area contributed by atoms with Crippen LogP contribution < -0.4 is 10.1 Å². The number of halogens is 1. The maximum absolute atomic E-state index is 13.0. The van der Waals surface area contributed by atoms with Crippen LogP contribution in [0, 0.1) is 11.7 Å². The van der Waals surface area contributed by atoms with Crippen LogP contribution in [-0.4, -0.2) is 43.0 Å². The Morgan fingerprint density at radius 3 is 2.77 bits per heavy atom. The molecule has 4 rings (SSSR count). The first-order valence-electron chi connectivity index (χ1n) is 10.6. The molecule has 1 unspecified atom stereocenters. The monoisotopic (exact) mass is 410 g/mol. The number of rotatable bonds is 6. The third-order valence-corrected chi connectivity index (χ3v) is 5.88. The van der Waals surface area contributed by atoms with Gasteiger partial charge in [0.05, 0.1) is 18.9 Å². The summed E-state index contributed by atoms with van der Waals surface area (Å²) in [5, 5.41) is 3.03. The van der Waals surface area contributed by atoms with E-state index in [1.807, 2.05) is 12.1 Å². The molecule has 5 nitrogen and oxygen atoms in total. The number of hydrogen-bond acceptors (Lipinski definition) is 3. The van der Waals surface area contributed by atoms with Crippen molar-refractivity contribution in [2.75, 3.05) is 26.2 Å². The summed E-state index contributed by atoms with van der Waals surface area (Å²) >= 11 is 0. The van der Waals surface area contributed by atoms with Gasteiger partial charge in [-0.3, -0.25) is 9.59 Å². The molecule has 0 radical (unpaired) electrons. The van der Waals surface area contributed by atoms with E-state index in [2.05, 4.69) is 11.4 Å². The Labute approximate surface area is 176 Å². The summed E-state index contributed by atoms with van der Waals surface area (Å²) in [5.41, 5.74) is 3.22. The van der Waals surface area contributed by atoms with Gasteiger partial charge in [-0.2, -0.15) is 0 Å². The number of hydrogen-bond donors (Lipinski definition) is 1. The number of benzene rings is 2. The minimum absolute atomic E-state index is 0.0128. The van der Waals surface area contributed by atoms with Crippen LogP contribution >= 0.6 is 0 Å². The van der Waals surface area contributed by atoms with Crippen molar-refractivity contribution in [2.24, 2.45) is 5.92 Å². The highest BCUT2D eigenvalue weighted by molar-refractivity contribution is 5.82. The van der Waals surface area contributed by atoms with Crippen LogP contribution in [0.1, 0.15) is 29.5 Å². The van der Waals surface area contributed by atoms with Crippen molar-refractivity contribution in [2.45, 2.75) is 32.1 Å². The third kappa shape index (κ3) is 4.99. The van der Waals surface area contributed by atoms with E-state index in [1.54, 1.807) is 17.0 Å². The Hall–Kier alpha value is -2.89. The maximum atomic E-state index is 13.0. The van der Waals surface area contributed by atoms with E-state index in [1.165, 1.54) is 23.3 Å².